The Morgan fingerprint density at radius 3 is 2.08 bits per heavy atom. The zero-order valence-electron chi connectivity index (χ0n) is 14.0. The number of ether oxygens (including phenoxy) is 3. The molecule has 2 heterocycles. The first-order chi connectivity index (χ1) is 12.2. The third-order valence-electron chi connectivity index (χ3n) is 4.38. The summed E-state index contributed by atoms with van der Waals surface area (Å²) in [6.45, 7) is -0.195. The molecular weight excluding hydrogens is 358 g/mol. The highest BCUT2D eigenvalue weighted by Crippen LogP contribution is 2.28. The second-order valence-electron chi connectivity index (χ2n) is 6.26. The molecule has 1 amide bonds. The lowest BCUT2D eigenvalue weighted by Gasteiger charge is -2.46. The molecule has 2 aliphatic heterocycles. The van der Waals surface area contributed by atoms with Gasteiger partial charge in [-0.3, -0.25) is 4.79 Å². The van der Waals surface area contributed by atoms with Crippen molar-refractivity contribution in [3.8, 4) is 0 Å². The van der Waals surface area contributed by atoms with Crippen molar-refractivity contribution < 1.29 is 54.8 Å². The van der Waals surface area contributed by atoms with Gasteiger partial charge < -0.3 is 55.3 Å². The normalized spacial score (nSPS) is 46.8. The van der Waals surface area contributed by atoms with Gasteiger partial charge in [-0.2, -0.15) is 0 Å². The third kappa shape index (κ3) is 4.31. The van der Waals surface area contributed by atoms with Gasteiger partial charge in [-0.05, 0) is 0 Å². The zero-order valence-corrected chi connectivity index (χ0v) is 14.0. The average molecular weight is 383 g/mol. The van der Waals surface area contributed by atoms with Gasteiger partial charge in [0.2, 0.25) is 5.91 Å². The van der Waals surface area contributed by atoms with Gasteiger partial charge in [0.25, 0.3) is 0 Å². The quantitative estimate of drug-likeness (QED) is 0.226. The van der Waals surface area contributed by atoms with Crippen LogP contribution >= 0.6 is 0 Å². The largest absolute Gasteiger partial charge is 0.394 e. The highest BCUT2D eigenvalue weighted by molar-refractivity contribution is 5.73. The van der Waals surface area contributed by atoms with Gasteiger partial charge in [0.15, 0.2) is 12.6 Å². The summed E-state index contributed by atoms with van der Waals surface area (Å²) in [6.07, 6.45) is -13.6. The predicted molar refractivity (Wildman–Crippen MR) is 80.2 cm³/mol. The molecule has 8 N–H and O–H groups in total. The maximum absolute atomic E-state index is 11.2. The molecule has 0 spiro atoms. The highest BCUT2D eigenvalue weighted by atomic mass is 16.7. The van der Waals surface area contributed by atoms with Gasteiger partial charge in [0.05, 0.1) is 13.2 Å². The van der Waals surface area contributed by atoms with Crippen molar-refractivity contribution in [2.75, 3.05) is 13.2 Å². The molecule has 0 bridgehead atoms. The summed E-state index contributed by atoms with van der Waals surface area (Å²) in [6, 6.07) is -1.29. The summed E-state index contributed by atoms with van der Waals surface area (Å²) in [5.74, 6) is -0.564. The summed E-state index contributed by atoms with van der Waals surface area (Å²) >= 11 is 0. The number of aliphatic hydroxyl groups excluding tert-OH is 7. The van der Waals surface area contributed by atoms with E-state index in [-0.39, 0.29) is 0 Å². The lowest BCUT2D eigenvalue weighted by Crippen LogP contribution is -2.67. The first kappa shape index (κ1) is 21.4. The van der Waals surface area contributed by atoms with Gasteiger partial charge in [-0.25, -0.2) is 0 Å². The molecule has 12 nitrogen and oxygen atoms in total. The van der Waals surface area contributed by atoms with Crippen LogP contribution in [0.3, 0.4) is 0 Å². The lowest BCUT2D eigenvalue weighted by molar-refractivity contribution is -0.345. The molecule has 0 aromatic rings. The van der Waals surface area contributed by atoms with E-state index in [0.717, 1.165) is 6.92 Å². The van der Waals surface area contributed by atoms with Crippen LogP contribution in [-0.2, 0) is 19.0 Å². The van der Waals surface area contributed by atoms with Gasteiger partial charge in [0, 0.05) is 6.92 Å². The Bertz CT molecular complexity index is 478. The molecule has 12 heteroatoms. The lowest BCUT2D eigenvalue weighted by atomic mass is 9.95. The Balaban J connectivity index is 2.16. The maximum Gasteiger partial charge on any atom is 0.217 e. The Hall–Kier alpha value is -0.930. The fourth-order valence-corrected chi connectivity index (χ4v) is 2.98. The molecule has 152 valence electrons. The number of carbonyl (C=O) groups is 1. The molecule has 2 fully saturated rings. The second-order valence-corrected chi connectivity index (χ2v) is 6.26. The number of rotatable bonds is 5. The Labute approximate surface area is 148 Å². The predicted octanol–water partition coefficient (Wildman–Crippen LogP) is -5.25. The topological polar surface area (TPSA) is 198 Å². The van der Waals surface area contributed by atoms with Crippen LogP contribution in [0.15, 0.2) is 0 Å². The molecule has 0 aromatic heterocycles. The maximum atomic E-state index is 11.2. The molecule has 0 unspecified atom stereocenters. The van der Waals surface area contributed by atoms with Crippen LogP contribution in [0.2, 0.25) is 0 Å². The molecule has 10 atom stereocenters. The minimum absolute atomic E-state index is 0.564. The molecule has 0 saturated carbocycles. The fraction of sp³-hybridized carbons (Fsp3) is 0.929. The van der Waals surface area contributed by atoms with E-state index in [0.29, 0.717) is 0 Å². The summed E-state index contributed by atoms with van der Waals surface area (Å²) in [7, 11) is 0. The van der Waals surface area contributed by atoms with Crippen LogP contribution in [0.25, 0.3) is 0 Å². The summed E-state index contributed by atoms with van der Waals surface area (Å²) in [5, 5.41) is 70.7. The monoisotopic (exact) mass is 383 g/mol. The van der Waals surface area contributed by atoms with Crippen LogP contribution in [0.5, 0.6) is 0 Å². The third-order valence-corrected chi connectivity index (χ3v) is 4.38. The molecule has 2 aliphatic rings. The van der Waals surface area contributed by atoms with Gasteiger partial charge in [-0.1, -0.05) is 0 Å². The van der Waals surface area contributed by atoms with Crippen LogP contribution in [0.4, 0.5) is 0 Å². The summed E-state index contributed by atoms with van der Waals surface area (Å²) in [5.41, 5.74) is 0. The molecule has 0 aliphatic carbocycles. The number of hydrogen-bond donors (Lipinski definition) is 8. The first-order valence-corrected chi connectivity index (χ1v) is 8.06. The Kier molecular flexibility index (Phi) is 7.27. The van der Waals surface area contributed by atoms with E-state index in [4.69, 9.17) is 14.2 Å². The van der Waals surface area contributed by atoms with Crippen LogP contribution in [-0.4, -0.2) is 116 Å². The molecule has 0 aromatic carbocycles. The molecular formula is C14H25NO11. The smallest absolute Gasteiger partial charge is 0.217 e. The molecule has 0 radical (unpaired) electrons. The number of hydrogen-bond acceptors (Lipinski definition) is 11. The fourth-order valence-electron chi connectivity index (χ4n) is 2.98. The number of nitrogens with one attached hydrogen (secondary N) is 1. The van der Waals surface area contributed by atoms with Crippen molar-refractivity contribution in [2.45, 2.75) is 68.3 Å². The first-order valence-electron chi connectivity index (χ1n) is 8.06. The van der Waals surface area contributed by atoms with Crippen molar-refractivity contribution in [3.63, 3.8) is 0 Å². The van der Waals surface area contributed by atoms with E-state index in [1.807, 2.05) is 0 Å². The van der Waals surface area contributed by atoms with Gasteiger partial charge in [0.1, 0.15) is 48.8 Å². The van der Waals surface area contributed by atoms with E-state index in [9.17, 15) is 40.5 Å². The van der Waals surface area contributed by atoms with E-state index < -0.39 is 80.5 Å². The number of aliphatic hydroxyl groups is 7. The minimum Gasteiger partial charge on any atom is -0.394 e. The molecule has 26 heavy (non-hydrogen) atoms. The Morgan fingerprint density at radius 2 is 1.54 bits per heavy atom. The van der Waals surface area contributed by atoms with Crippen molar-refractivity contribution >= 4 is 5.91 Å². The standard InChI is InChI=1S/C14H25NO11/c1-4(18)15-7-9(20)12(6(3-17)24-13(7)23)26-14-11(22)10(21)8(19)5(2-16)25-14/h5-14,16-17,19-23H,2-3H2,1H3,(H,15,18)/t5-,6+,7-,8-,9+,10+,11+,12-,13-,14+/m1/s1. The minimum atomic E-state index is -1.73. The van der Waals surface area contributed by atoms with E-state index in [2.05, 4.69) is 5.32 Å². The van der Waals surface area contributed by atoms with Crippen LogP contribution < -0.4 is 5.32 Å². The van der Waals surface area contributed by atoms with E-state index in [1.165, 1.54) is 0 Å². The van der Waals surface area contributed by atoms with Crippen molar-refractivity contribution in [1.29, 1.82) is 0 Å². The average Bonchev–Trinajstić information content (AvgIpc) is 2.60. The van der Waals surface area contributed by atoms with Gasteiger partial charge >= 0.3 is 0 Å². The van der Waals surface area contributed by atoms with Crippen molar-refractivity contribution in [1.82, 2.24) is 5.32 Å². The number of carbonyl (C=O) groups excluding carboxylic acids is 1. The van der Waals surface area contributed by atoms with Crippen molar-refractivity contribution in [3.05, 3.63) is 0 Å². The zero-order chi connectivity index (χ0) is 19.6. The van der Waals surface area contributed by atoms with E-state index >= 15 is 0 Å². The van der Waals surface area contributed by atoms with Crippen LogP contribution in [0.1, 0.15) is 6.92 Å². The molecule has 2 rings (SSSR count). The summed E-state index contributed by atoms with van der Waals surface area (Å²) in [4.78, 5) is 11.2. The summed E-state index contributed by atoms with van der Waals surface area (Å²) < 4.78 is 15.7. The van der Waals surface area contributed by atoms with Crippen LogP contribution in [0, 0.1) is 0 Å². The van der Waals surface area contributed by atoms with Crippen molar-refractivity contribution in [2.24, 2.45) is 0 Å². The SMILES string of the molecule is CC(=O)N[C@@H]1[C@H](O)[C@H](O[C@@H]2O[C@H](CO)[C@@H](O)[C@H](O)[C@@H]2O)[C@H](CO)O[C@H]1O. The highest BCUT2D eigenvalue weighted by Gasteiger charge is 2.50. The van der Waals surface area contributed by atoms with Gasteiger partial charge in [-0.15, -0.1) is 0 Å². The van der Waals surface area contributed by atoms with E-state index in [1.54, 1.807) is 0 Å². The second kappa shape index (κ2) is 8.84. The number of amides is 1. The molecule has 2 saturated heterocycles. The Morgan fingerprint density at radius 1 is 0.923 bits per heavy atom.